The van der Waals surface area contributed by atoms with E-state index in [1.165, 1.54) is 13.0 Å². The topological polar surface area (TPSA) is 52.6 Å². The number of rotatable bonds is 6. The summed E-state index contributed by atoms with van der Waals surface area (Å²) in [4.78, 5) is 21.9. The molecule has 1 aromatic rings. The van der Waals surface area contributed by atoms with Gasteiger partial charge in [-0.1, -0.05) is 12.1 Å². The molecule has 0 aliphatic rings. The van der Waals surface area contributed by atoms with Gasteiger partial charge in [0.15, 0.2) is 0 Å². The lowest BCUT2D eigenvalue weighted by Crippen LogP contribution is -2.05. The van der Waals surface area contributed by atoms with Gasteiger partial charge >= 0.3 is 5.97 Å². The molecule has 0 fully saturated rings. The van der Waals surface area contributed by atoms with Crippen molar-refractivity contribution in [2.75, 3.05) is 13.7 Å². The van der Waals surface area contributed by atoms with Crippen LogP contribution in [0.5, 0.6) is 5.75 Å². The standard InChI is InChI=1S/C14H16O4/c1-11(15)9-10-18-14(16)8-5-12-3-6-13(17-2)7-4-12/h3-8H,9-10H2,1-2H3/b8-5+. The number of hydrogen-bond donors (Lipinski definition) is 0. The highest BCUT2D eigenvalue weighted by Crippen LogP contribution is 2.12. The van der Waals surface area contributed by atoms with Gasteiger partial charge in [-0.3, -0.25) is 4.79 Å². The van der Waals surface area contributed by atoms with Crippen molar-refractivity contribution in [1.29, 1.82) is 0 Å². The minimum absolute atomic E-state index is 0.00179. The van der Waals surface area contributed by atoms with Gasteiger partial charge < -0.3 is 9.47 Å². The second kappa shape index (κ2) is 7.27. The third kappa shape index (κ3) is 5.30. The molecule has 0 unspecified atom stereocenters. The number of hydrogen-bond acceptors (Lipinski definition) is 4. The second-order valence-corrected chi connectivity index (χ2v) is 3.73. The average Bonchev–Trinajstić information content (AvgIpc) is 2.36. The van der Waals surface area contributed by atoms with E-state index >= 15 is 0 Å². The zero-order valence-corrected chi connectivity index (χ0v) is 10.5. The Bertz CT molecular complexity index is 432. The van der Waals surface area contributed by atoms with Crippen molar-refractivity contribution in [1.82, 2.24) is 0 Å². The SMILES string of the molecule is COc1ccc(/C=C/C(=O)OCCC(C)=O)cc1. The Labute approximate surface area is 106 Å². The average molecular weight is 248 g/mol. The molecule has 0 bridgehead atoms. The van der Waals surface area contributed by atoms with Gasteiger partial charge in [-0.2, -0.15) is 0 Å². The number of ketones is 1. The van der Waals surface area contributed by atoms with Crippen molar-refractivity contribution in [3.63, 3.8) is 0 Å². The monoisotopic (exact) mass is 248 g/mol. The molecule has 0 saturated carbocycles. The maximum atomic E-state index is 11.3. The van der Waals surface area contributed by atoms with Crippen LogP contribution in [-0.4, -0.2) is 25.5 Å². The first-order valence-electron chi connectivity index (χ1n) is 5.60. The van der Waals surface area contributed by atoms with Crippen molar-refractivity contribution in [3.05, 3.63) is 35.9 Å². The molecule has 0 radical (unpaired) electrons. The first-order chi connectivity index (χ1) is 8.61. The quantitative estimate of drug-likeness (QED) is 0.572. The van der Waals surface area contributed by atoms with Gasteiger partial charge in [0, 0.05) is 12.5 Å². The third-order valence-corrected chi connectivity index (χ3v) is 2.23. The van der Waals surface area contributed by atoms with E-state index in [0.717, 1.165) is 11.3 Å². The summed E-state index contributed by atoms with van der Waals surface area (Å²) in [5, 5.41) is 0. The lowest BCUT2D eigenvalue weighted by molar-refractivity contribution is -0.138. The molecule has 0 aromatic heterocycles. The molecule has 0 amide bonds. The van der Waals surface area contributed by atoms with E-state index in [2.05, 4.69) is 0 Å². The number of carbonyl (C=O) groups is 2. The molecule has 0 spiro atoms. The van der Waals surface area contributed by atoms with Crippen LogP contribution < -0.4 is 4.74 Å². The predicted molar refractivity (Wildman–Crippen MR) is 68.3 cm³/mol. The maximum absolute atomic E-state index is 11.3. The van der Waals surface area contributed by atoms with Crippen LogP contribution in [0.4, 0.5) is 0 Å². The van der Waals surface area contributed by atoms with E-state index in [4.69, 9.17) is 9.47 Å². The van der Waals surface area contributed by atoms with E-state index < -0.39 is 5.97 Å². The maximum Gasteiger partial charge on any atom is 0.330 e. The molecule has 18 heavy (non-hydrogen) atoms. The van der Waals surface area contributed by atoms with Gasteiger partial charge in [-0.25, -0.2) is 4.79 Å². The van der Waals surface area contributed by atoms with Crippen LogP contribution in [0.15, 0.2) is 30.3 Å². The number of carbonyl (C=O) groups excluding carboxylic acids is 2. The van der Waals surface area contributed by atoms with Crippen molar-refractivity contribution in [2.45, 2.75) is 13.3 Å². The lowest BCUT2D eigenvalue weighted by Gasteiger charge is -2.00. The van der Waals surface area contributed by atoms with Gasteiger partial charge in [-0.15, -0.1) is 0 Å². The molecule has 4 nitrogen and oxygen atoms in total. The van der Waals surface area contributed by atoms with Gasteiger partial charge in [0.2, 0.25) is 0 Å². The van der Waals surface area contributed by atoms with E-state index in [0.29, 0.717) is 0 Å². The van der Waals surface area contributed by atoms with E-state index in [-0.39, 0.29) is 18.8 Å². The number of esters is 1. The molecule has 0 N–H and O–H groups in total. The summed E-state index contributed by atoms with van der Waals surface area (Å²) in [5.74, 6) is 0.310. The second-order valence-electron chi connectivity index (χ2n) is 3.73. The van der Waals surface area contributed by atoms with E-state index in [9.17, 15) is 9.59 Å². The minimum Gasteiger partial charge on any atom is -0.497 e. The van der Waals surface area contributed by atoms with Crippen molar-refractivity contribution in [3.8, 4) is 5.75 Å². The van der Waals surface area contributed by atoms with Crippen LogP contribution in [0.3, 0.4) is 0 Å². The van der Waals surface area contributed by atoms with Crippen LogP contribution in [0.1, 0.15) is 18.9 Å². The molecule has 0 saturated heterocycles. The van der Waals surface area contributed by atoms with Crippen LogP contribution in [0, 0.1) is 0 Å². The Morgan fingerprint density at radius 3 is 2.44 bits per heavy atom. The van der Waals surface area contributed by atoms with E-state index in [1.807, 2.05) is 12.1 Å². The van der Waals surface area contributed by atoms with Crippen LogP contribution in [0.2, 0.25) is 0 Å². The summed E-state index contributed by atoms with van der Waals surface area (Å²) in [6, 6.07) is 7.28. The smallest absolute Gasteiger partial charge is 0.330 e. The number of Topliss-reactive ketones (excluding diaryl/α,β-unsaturated/α-hetero) is 1. The summed E-state index contributed by atoms with van der Waals surface area (Å²) >= 11 is 0. The molecular formula is C14H16O4. The highest BCUT2D eigenvalue weighted by molar-refractivity contribution is 5.87. The Morgan fingerprint density at radius 1 is 1.22 bits per heavy atom. The van der Waals surface area contributed by atoms with Crippen LogP contribution in [-0.2, 0) is 14.3 Å². The highest BCUT2D eigenvalue weighted by Gasteiger charge is 1.99. The summed E-state index contributed by atoms with van der Waals surface area (Å²) in [5.41, 5.74) is 0.874. The molecule has 4 heteroatoms. The molecule has 1 rings (SSSR count). The van der Waals surface area contributed by atoms with Gasteiger partial charge in [0.1, 0.15) is 11.5 Å². The molecule has 1 aromatic carbocycles. The van der Waals surface area contributed by atoms with Gasteiger partial charge in [0.05, 0.1) is 13.7 Å². The Kier molecular flexibility index (Phi) is 5.64. The van der Waals surface area contributed by atoms with Crippen molar-refractivity contribution >= 4 is 17.8 Å². The molecule has 0 heterocycles. The normalized spacial score (nSPS) is 10.3. The molecule has 0 aliphatic heterocycles. The zero-order chi connectivity index (χ0) is 13.4. The minimum atomic E-state index is -0.452. The largest absolute Gasteiger partial charge is 0.497 e. The van der Waals surface area contributed by atoms with Crippen LogP contribution in [0.25, 0.3) is 6.08 Å². The Balaban J connectivity index is 2.42. The highest BCUT2D eigenvalue weighted by atomic mass is 16.5. The molecule has 96 valence electrons. The predicted octanol–water partition coefficient (Wildman–Crippen LogP) is 2.23. The summed E-state index contributed by atoms with van der Waals surface area (Å²) in [7, 11) is 1.59. The van der Waals surface area contributed by atoms with Crippen molar-refractivity contribution < 1.29 is 19.1 Å². The summed E-state index contributed by atoms with van der Waals surface area (Å²) in [6.45, 7) is 1.59. The lowest BCUT2D eigenvalue weighted by atomic mass is 10.2. The summed E-state index contributed by atoms with van der Waals surface area (Å²) in [6.07, 6.45) is 3.24. The molecule has 0 aliphatic carbocycles. The molecular weight excluding hydrogens is 232 g/mol. The van der Waals surface area contributed by atoms with Crippen molar-refractivity contribution in [2.24, 2.45) is 0 Å². The van der Waals surface area contributed by atoms with Gasteiger partial charge in [-0.05, 0) is 30.7 Å². The first kappa shape index (κ1) is 14.0. The van der Waals surface area contributed by atoms with Crippen LogP contribution >= 0.6 is 0 Å². The van der Waals surface area contributed by atoms with E-state index in [1.54, 1.807) is 25.3 Å². The fraction of sp³-hybridized carbons (Fsp3) is 0.286. The zero-order valence-electron chi connectivity index (χ0n) is 10.5. The summed E-state index contributed by atoms with van der Waals surface area (Å²) < 4.78 is 9.87. The number of methoxy groups -OCH3 is 1. The third-order valence-electron chi connectivity index (χ3n) is 2.23. The Hall–Kier alpha value is -2.10. The fourth-order valence-electron chi connectivity index (χ4n) is 1.22. The fourth-order valence-corrected chi connectivity index (χ4v) is 1.22. The first-order valence-corrected chi connectivity index (χ1v) is 5.60. The van der Waals surface area contributed by atoms with Gasteiger partial charge in [0.25, 0.3) is 0 Å². The number of ether oxygens (including phenoxy) is 2. The molecule has 0 atom stereocenters. The Morgan fingerprint density at radius 2 is 1.89 bits per heavy atom. The number of benzene rings is 1.